The van der Waals surface area contributed by atoms with Gasteiger partial charge in [-0.3, -0.25) is 0 Å². The van der Waals surface area contributed by atoms with E-state index in [0.717, 1.165) is 6.42 Å². The van der Waals surface area contributed by atoms with Crippen LogP contribution in [0.25, 0.3) is 0 Å². The van der Waals surface area contributed by atoms with Gasteiger partial charge >= 0.3 is 0 Å². The first-order valence-electron chi connectivity index (χ1n) is 7.01. The molecular weight excluding hydrogens is 222 g/mol. The molecular formula is C16H23NO. The van der Waals surface area contributed by atoms with E-state index >= 15 is 0 Å². The fraction of sp³-hybridized carbons (Fsp3) is 0.562. The van der Waals surface area contributed by atoms with E-state index in [0.29, 0.717) is 6.54 Å². The summed E-state index contributed by atoms with van der Waals surface area (Å²) in [7, 11) is 0. The van der Waals surface area contributed by atoms with E-state index in [1.807, 2.05) is 0 Å². The Morgan fingerprint density at radius 1 is 0.833 bits per heavy atom. The minimum atomic E-state index is 0.650. The second-order valence-corrected chi connectivity index (χ2v) is 4.68. The summed E-state index contributed by atoms with van der Waals surface area (Å²) in [5.74, 6) is 0. The molecule has 0 aliphatic rings. The number of aryl methyl sites for hydroxylation is 1. The van der Waals surface area contributed by atoms with Crippen LogP contribution in [-0.2, 0) is 11.2 Å². The van der Waals surface area contributed by atoms with Gasteiger partial charge in [-0.15, -0.1) is 0 Å². The van der Waals surface area contributed by atoms with Gasteiger partial charge in [-0.1, -0.05) is 62.4 Å². The van der Waals surface area contributed by atoms with Gasteiger partial charge in [0.05, 0.1) is 6.54 Å². The molecule has 2 heteroatoms. The zero-order chi connectivity index (χ0) is 12.9. The first-order valence-corrected chi connectivity index (χ1v) is 7.01. The van der Waals surface area contributed by atoms with Crippen molar-refractivity contribution in [3.8, 4) is 0 Å². The molecule has 0 unspecified atom stereocenters. The van der Waals surface area contributed by atoms with E-state index in [1.165, 1.54) is 50.5 Å². The maximum atomic E-state index is 9.84. The third-order valence-corrected chi connectivity index (χ3v) is 3.14. The summed E-state index contributed by atoms with van der Waals surface area (Å²) in [4.78, 5) is 13.4. The van der Waals surface area contributed by atoms with Gasteiger partial charge in [0.2, 0.25) is 6.08 Å². The van der Waals surface area contributed by atoms with Gasteiger partial charge in [-0.05, 0) is 24.8 Å². The maximum Gasteiger partial charge on any atom is 0.234 e. The summed E-state index contributed by atoms with van der Waals surface area (Å²) in [5, 5.41) is 0. The van der Waals surface area contributed by atoms with Crippen molar-refractivity contribution in [3.05, 3.63) is 35.9 Å². The molecule has 0 saturated heterocycles. The van der Waals surface area contributed by atoms with Crippen LogP contribution in [0.3, 0.4) is 0 Å². The van der Waals surface area contributed by atoms with Gasteiger partial charge in [0.1, 0.15) is 0 Å². The molecule has 0 aromatic heterocycles. The molecule has 0 spiro atoms. The van der Waals surface area contributed by atoms with Gasteiger partial charge < -0.3 is 0 Å². The van der Waals surface area contributed by atoms with Crippen molar-refractivity contribution in [1.82, 2.24) is 0 Å². The fourth-order valence-electron chi connectivity index (χ4n) is 2.09. The zero-order valence-corrected chi connectivity index (χ0v) is 11.1. The molecule has 1 aromatic rings. The second-order valence-electron chi connectivity index (χ2n) is 4.68. The second kappa shape index (κ2) is 10.7. The minimum Gasteiger partial charge on any atom is -0.211 e. The van der Waals surface area contributed by atoms with Gasteiger partial charge in [0.25, 0.3) is 0 Å². The minimum absolute atomic E-state index is 0.650. The molecule has 0 radical (unpaired) electrons. The molecule has 0 fully saturated rings. The van der Waals surface area contributed by atoms with Crippen LogP contribution in [0.15, 0.2) is 35.3 Å². The standard InChI is InChI=1S/C16H23NO/c18-15-17-14-10-5-3-1-2-4-7-11-16-12-8-6-9-13-16/h6,8-9,12-13H,1-5,7,10-11,14H2. The number of hydrogen-bond donors (Lipinski definition) is 0. The number of carbonyl (C=O) groups excluding carboxylic acids is 1. The lowest BCUT2D eigenvalue weighted by Crippen LogP contribution is -1.86. The van der Waals surface area contributed by atoms with Gasteiger partial charge in [-0.2, -0.15) is 0 Å². The predicted octanol–water partition coefficient (Wildman–Crippen LogP) is 4.30. The van der Waals surface area contributed by atoms with Crippen molar-refractivity contribution in [2.45, 2.75) is 51.4 Å². The lowest BCUT2D eigenvalue weighted by molar-refractivity contribution is 0.558. The van der Waals surface area contributed by atoms with E-state index in [4.69, 9.17) is 0 Å². The summed E-state index contributed by atoms with van der Waals surface area (Å²) in [6, 6.07) is 10.7. The van der Waals surface area contributed by atoms with Crippen LogP contribution in [0.5, 0.6) is 0 Å². The van der Waals surface area contributed by atoms with Crippen LogP contribution in [0.1, 0.15) is 50.5 Å². The number of rotatable bonds is 10. The van der Waals surface area contributed by atoms with E-state index < -0.39 is 0 Å². The Hall–Kier alpha value is -1.40. The Labute approximate surface area is 110 Å². The van der Waals surface area contributed by atoms with Crippen molar-refractivity contribution < 1.29 is 4.79 Å². The molecule has 1 rings (SSSR count). The first-order chi connectivity index (χ1) is 8.93. The number of hydrogen-bond acceptors (Lipinski definition) is 2. The molecule has 0 aliphatic heterocycles. The summed E-state index contributed by atoms with van der Waals surface area (Å²) in [5.41, 5.74) is 1.45. The molecule has 0 amide bonds. The van der Waals surface area contributed by atoms with Crippen molar-refractivity contribution >= 4 is 6.08 Å². The van der Waals surface area contributed by atoms with Crippen molar-refractivity contribution in [2.75, 3.05) is 6.54 Å². The first kappa shape index (κ1) is 14.7. The maximum absolute atomic E-state index is 9.84. The summed E-state index contributed by atoms with van der Waals surface area (Å²) in [6.45, 7) is 0.650. The Bertz CT molecular complexity index is 341. The Kier molecular flexibility index (Phi) is 8.74. The molecule has 0 bridgehead atoms. The lowest BCUT2D eigenvalue weighted by Gasteiger charge is -2.02. The highest BCUT2D eigenvalue weighted by atomic mass is 16.1. The molecule has 0 aliphatic carbocycles. The number of nitrogens with zero attached hydrogens (tertiary/aromatic N) is 1. The van der Waals surface area contributed by atoms with Crippen LogP contribution in [0, 0.1) is 0 Å². The van der Waals surface area contributed by atoms with Crippen LogP contribution in [0.4, 0.5) is 0 Å². The lowest BCUT2D eigenvalue weighted by atomic mass is 10.0. The monoisotopic (exact) mass is 245 g/mol. The molecule has 98 valence electrons. The van der Waals surface area contributed by atoms with E-state index in [-0.39, 0.29) is 0 Å². The van der Waals surface area contributed by atoms with Crippen molar-refractivity contribution in [3.63, 3.8) is 0 Å². The average molecular weight is 245 g/mol. The van der Waals surface area contributed by atoms with Gasteiger partial charge in [-0.25, -0.2) is 9.79 Å². The number of unbranched alkanes of at least 4 members (excludes halogenated alkanes) is 6. The van der Waals surface area contributed by atoms with Crippen molar-refractivity contribution in [2.24, 2.45) is 4.99 Å². The van der Waals surface area contributed by atoms with E-state index in [1.54, 1.807) is 6.08 Å². The van der Waals surface area contributed by atoms with Crippen LogP contribution < -0.4 is 0 Å². The fourth-order valence-corrected chi connectivity index (χ4v) is 2.09. The number of benzene rings is 1. The van der Waals surface area contributed by atoms with E-state index in [9.17, 15) is 4.79 Å². The molecule has 18 heavy (non-hydrogen) atoms. The Balaban J connectivity index is 1.86. The van der Waals surface area contributed by atoms with Crippen LogP contribution in [-0.4, -0.2) is 12.6 Å². The highest BCUT2D eigenvalue weighted by molar-refractivity contribution is 5.32. The van der Waals surface area contributed by atoms with Gasteiger partial charge in [0, 0.05) is 0 Å². The van der Waals surface area contributed by atoms with Crippen molar-refractivity contribution in [1.29, 1.82) is 0 Å². The quantitative estimate of drug-likeness (QED) is 0.343. The Morgan fingerprint density at radius 2 is 1.44 bits per heavy atom. The molecule has 0 saturated carbocycles. The molecule has 0 N–H and O–H groups in total. The molecule has 1 aromatic carbocycles. The number of isocyanates is 1. The molecule has 0 heterocycles. The smallest absolute Gasteiger partial charge is 0.211 e. The predicted molar refractivity (Wildman–Crippen MR) is 75.5 cm³/mol. The third-order valence-electron chi connectivity index (χ3n) is 3.14. The summed E-state index contributed by atoms with van der Waals surface area (Å²) < 4.78 is 0. The van der Waals surface area contributed by atoms with E-state index in [2.05, 4.69) is 35.3 Å². The molecule has 2 nitrogen and oxygen atoms in total. The Morgan fingerprint density at radius 3 is 2.11 bits per heavy atom. The normalized spacial score (nSPS) is 10.0. The number of aliphatic imine (C=N–C) groups is 1. The highest BCUT2D eigenvalue weighted by Gasteiger charge is 1.93. The van der Waals surface area contributed by atoms with Crippen LogP contribution >= 0.6 is 0 Å². The average Bonchev–Trinajstić information content (AvgIpc) is 2.42. The summed E-state index contributed by atoms with van der Waals surface area (Å²) >= 11 is 0. The van der Waals surface area contributed by atoms with Crippen LogP contribution in [0.2, 0.25) is 0 Å². The summed E-state index contributed by atoms with van der Waals surface area (Å²) in [6.07, 6.45) is 11.5. The SMILES string of the molecule is O=C=NCCCCCCCCCc1ccccc1. The largest absolute Gasteiger partial charge is 0.234 e. The highest BCUT2D eigenvalue weighted by Crippen LogP contribution is 2.10. The topological polar surface area (TPSA) is 29.4 Å². The molecule has 0 atom stereocenters. The van der Waals surface area contributed by atoms with Gasteiger partial charge in [0.15, 0.2) is 0 Å². The third kappa shape index (κ3) is 7.81. The zero-order valence-electron chi connectivity index (χ0n) is 11.1.